The van der Waals surface area contributed by atoms with Crippen LogP contribution in [0.3, 0.4) is 0 Å². The van der Waals surface area contributed by atoms with Crippen molar-refractivity contribution in [3.8, 4) is 23.0 Å². The van der Waals surface area contributed by atoms with Gasteiger partial charge in [-0.2, -0.15) is 0 Å². The highest BCUT2D eigenvalue weighted by Crippen LogP contribution is 2.34. The normalized spacial score (nSPS) is 10.7. The number of fused-ring (bicyclic) bond motifs is 2. The summed E-state index contributed by atoms with van der Waals surface area (Å²) in [6.07, 6.45) is 0. The Bertz CT molecular complexity index is 712. The maximum atomic E-state index is 5.30. The van der Waals surface area contributed by atoms with E-state index in [1.165, 1.54) is 0 Å². The van der Waals surface area contributed by atoms with Gasteiger partial charge in [0.05, 0.1) is 50.5 Å². The molecule has 0 fully saturated rings. The number of aromatic nitrogens is 2. The Balaban J connectivity index is 2.30. The van der Waals surface area contributed by atoms with Gasteiger partial charge in [-0.05, 0) is 0 Å². The smallest absolute Gasteiger partial charge is 0.163 e. The first-order valence-corrected chi connectivity index (χ1v) is 6.65. The van der Waals surface area contributed by atoms with Gasteiger partial charge >= 0.3 is 0 Å². The van der Waals surface area contributed by atoms with Crippen LogP contribution in [0.4, 0.5) is 0 Å². The summed E-state index contributed by atoms with van der Waals surface area (Å²) in [6.45, 7) is 0. The van der Waals surface area contributed by atoms with Gasteiger partial charge in [0.15, 0.2) is 23.0 Å². The fourth-order valence-corrected chi connectivity index (χ4v) is 2.33. The van der Waals surface area contributed by atoms with Gasteiger partial charge < -0.3 is 18.9 Å². The molecule has 114 valence electrons. The van der Waals surface area contributed by atoms with Gasteiger partial charge in [0.1, 0.15) is 0 Å². The monoisotopic (exact) mass is 300 g/mol. The highest BCUT2D eigenvalue weighted by atomic mass is 16.5. The van der Waals surface area contributed by atoms with Gasteiger partial charge in [-0.25, -0.2) is 9.97 Å². The average molecular weight is 300 g/mol. The molecule has 0 N–H and O–H groups in total. The van der Waals surface area contributed by atoms with Crippen LogP contribution in [-0.4, -0.2) is 38.4 Å². The van der Waals surface area contributed by atoms with Crippen LogP contribution in [0.25, 0.3) is 22.1 Å². The number of hydrogen-bond acceptors (Lipinski definition) is 6. The third kappa shape index (κ3) is 2.22. The summed E-state index contributed by atoms with van der Waals surface area (Å²) < 4.78 is 21.2. The Morgan fingerprint density at radius 1 is 0.500 bits per heavy atom. The van der Waals surface area contributed by atoms with E-state index >= 15 is 0 Å². The fourth-order valence-electron chi connectivity index (χ4n) is 2.33. The van der Waals surface area contributed by atoms with Crippen LogP contribution in [0.15, 0.2) is 24.3 Å². The Hall–Kier alpha value is -2.76. The highest BCUT2D eigenvalue weighted by molar-refractivity contribution is 5.89. The summed E-state index contributed by atoms with van der Waals surface area (Å²) in [6, 6.07) is 7.21. The predicted molar refractivity (Wildman–Crippen MR) is 83.3 cm³/mol. The molecule has 3 aromatic rings. The van der Waals surface area contributed by atoms with E-state index in [1.54, 1.807) is 52.7 Å². The Morgan fingerprint density at radius 3 is 0.909 bits per heavy atom. The van der Waals surface area contributed by atoms with Crippen molar-refractivity contribution >= 4 is 22.1 Å². The molecule has 3 rings (SSSR count). The van der Waals surface area contributed by atoms with Gasteiger partial charge in [0, 0.05) is 24.3 Å². The number of methoxy groups -OCH3 is 4. The Morgan fingerprint density at radius 2 is 0.727 bits per heavy atom. The maximum absolute atomic E-state index is 5.30. The van der Waals surface area contributed by atoms with Crippen LogP contribution >= 0.6 is 0 Å². The minimum Gasteiger partial charge on any atom is -0.493 e. The summed E-state index contributed by atoms with van der Waals surface area (Å²) in [7, 11) is 6.36. The van der Waals surface area contributed by atoms with Gasteiger partial charge in [-0.3, -0.25) is 0 Å². The van der Waals surface area contributed by atoms with Crippen molar-refractivity contribution in [1.82, 2.24) is 9.97 Å². The lowest BCUT2D eigenvalue weighted by atomic mass is 10.2. The molecule has 6 nitrogen and oxygen atoms in total. The summed E-state index contributed by atoms with van der Waals surface area (Å²) in [5.74, 6) is 2.46. The molecule has 0 bridgehead atoms. The molecular weight excluding hydrogens is 284 g/mol. The summed E-state index contributed by atoms with van der Waals surface area (Å²) in [4.78, 5) is 9.22. The number of rotatable bonds is 4. The lowest BCUT2D eigenvalue weighted by Crippen LogP contribution is -1.95. The third-order valence-corrected chi connectivity index (χ3v) is 3.44. The summed E-state index contributed by atoms with van der Waals surface area (Å²) in [5.41, 5.74) is 2.88. The second-order valence-corrected chi connectivity index (χ2v) is 4.62. The minimum atomic E-state index is 0.615. The highest BCUT2D eigenvalue weighted by Gasteiger charge is 2.12. The van der Waals surface area contributed by atoms with Crippen LogP contribution in [-0.2, 0) is 0 Å². The van der Waals surface area contributed by atoms with Crippen LogP contribution < -0.4 is 18.9 Å². The number of nitrogens with zero attached hydrogens (tertiary/aromatic N) is 2. The van der Waals surface area contributed by atoms with Crippen LogP contribution in [0.5, 0.6) is 23.0 Å². The maximum Gasteiger partial charge on any atom is 0.163 e. The summed E-state index contributed by atoms with van der Waals surface area (Å²) >= 11 is 0. The van der Waals surface area contributed by atoms with Gasteiger partial charge in [-0.15, -0.1) is 0 Å². The second kappa shape index (κ2) is 5.55. The van der Waals surface area contributed by atoms with E-state index in [0.29, 0.717) is 23.0 Å². The van der Waals surface area contributed by atoms with Crippen LogP contribution in [0, 0.1) is 0 Å². The number of benzene rings is 2. The first-order chi connectivity index (χ1) is 10.7. The Kier molecular flexibility index (Phi) is 3.58. The lowest BCUT2D eigenvalue weighted by Gasteiger charge is -2.11. The quantitative estimate of drug-likeness (QED) is 0.690. The standard InChI is InChI=1S/C16H16N2O4/c1-19-13-5-9-10(6-14(13)20-2)18-12-8-16(22-4)15(21-3)7-11(12)17-9/h5-8H,1-4H3. The third-order valence-electron chi connectivity index (χ3n) is 3.44. The molecule has 0 aliphatic carbocycles. The molecule has 0 atom stereocenters. The molecule has 0 amide bonds. The predicted octanol–water partition coefficient (Wildman–Crippen LogP) is 2.82. The van der Waals surface area contributed by atoms with E-state index < -0.39 is 0 Å². The second-order valence-electron chi connectivity index (χ2n) is 4.62. The van der Waals surface area contributed by atoms with Crippen molar-refractivity contribution in [1.29, 1.82) is 0 Å². The largest absolute Gasteiger partial charge is 0.493 e. The zero-order valence-corrected chi connectivity index (χ0v) is 12.8. The molecular formula is C16H16N2O4. The molecule has 22 heavy (non-hydrogen) atoms. The Labute approximate surface area is 127 Å². The molecule has 0 aliphatic heterocycles. The van der Waals surface area contributed by atoms with Gasteiger partial charge in [-0.1, -0.05) is 0 Å². The summed E-state index contributed by atoms with van der Waals surface area (Å²) in [5, 5.41) is 0. The molecule has 0 unspecified atom stereocenters. The molecule has 1 aromatic heterocycles. The van der Waals surface area contributed by atoms with E-state index in [0.717, 1.165) is 22.1 Å². The van der Waals surface area contributed by atoms with Gasteiger partial charge in [0.25, 0.3) is 0 Å². The average Bonchev–Trinajstić information content (AvgIpc) is 2.57. The molecule has 1 heterocycles. The van der Waals surface area contributed by atoms with Crippen LogP contribution in [0.1, 0.15) is 0 Å². The van der Waals surface area contributed by atoms with Crippen LogP contribution in [0.2, 0.25) is 0 Å². The van der Waals surface area contributed by atoms with Gasteiger partial charge in [0.2, 0.25) is 0 Å². The lowest BCUT2D eigenvalue weighted by molar-refractivity contribution is 0.355. The van der Waals surface area contributed by atoms with Crippen molar-refractivity contribution in [2.45, 2.75) is 0 Å². The molecule has 0 spiro atoms. The fraction of sp³-hybridized carbons (Fsp3) is 0.250. The zero-order chi connectivity index (χ0) is 15.7. The molecule has 0 aliphatic rings. The van der Waals surface area contributed by atoms with Crippen molar-refractivity contribution in [3.05, 3.63) is 24.3 Å². The van der Waals surface area contributed by atoms with Crippen molar-refractivity contribution in [2.75, 3.05) is 28.4 Å². The zero-order valence-electron chi connectivity index (χ0n) is 12.8. The van der Waals surface area contributed by atoms with E-state index in [-0.39, 0.29) is 0 Å². The van der Waals surface area contributed by atoms with Crippen molar-refractivity contribution in [3.63, 3.8) is 0 Å². The van der Waals surface area contributed by atoms with E-state index in [4.69, 9.17) is 18.9 Å². The first kappa shape index (κ1) is 14.2. The topological polar surface area (TPSA) is 62.7 Å². The minimum absolute atomic E-state index is 0.615. The molecule has 0 saturated carbocycles. The van der Waals surface area contributed by atoms with E-state index in [1.807, 2.05) is 0 Å². The van der Waals surface area contributed by atoms with E-state index in [9.17, 15) is 0 Å². The van der Waals surface area contributed by atoms with E-state index in [2.05, 4.69) is 9.97 Å². The number of hydrogen-bond donors (Lipinski definition) is 0. The molecule has 2 aromatic carbocycles. The SMILES string of the molecule is COc1cc2nc3cc(OC)c(OC)cc3nc2cc1OC. The molecule has 6 heteroatoms. The first-order valence-electron chi connectivity index (χ1n) is 6.65. The van der Waals surface area contributed by atoms with Crippen molar-refractivity contribution in [2.24, 2.45) is 0 Å². The molecule has 0 saturated heterocycles. The number of ether oxygens (including phenoxy) is 4. The molecule has 0 radical (unpaired) electrons. The van der Waals surface area contributed by atoms with Crippen molar-refractivity contribution < 1.29 is 18.9 Å².